The second kappa shape index (κ2) is 13.2. The molecule has 1 aliphatic heterocycles. The van der Waals surface area contributed by atoms with Gasteiger partial charge in [-0.25, -0.2) is 18.0 Å². The smallest absolute Gasteiger partial charge is 0.345 e. The number of hydrogen-bond donors (Lipinski definition) is 1. The van der Waals surface area contributed by atoms with Crippen LogP contribution in [-0.2, 0) is 14.8 Å². The van der Waals surface area contributed by atoms with E-state index in [-0.39, 0.29) is 34.1 Å². The number of para-hydroxylation sites is 2. The Hall–Kier alpha value is -5.26. The van der Waals surface area contributed by atoms with Crippen LogP contribution in [0.1, 0.15) is 56.5 Å². The van der Waals surface area contributed by atoms with Crippen LogP contribution in [0.5, 0.6) is 5.75 Å². The maximum atomic E-state index is 13.4. The average Bonchev–Trinajstić information content (AvgIpc) is 3.72. The Balaban J connectivity index is 1.25. The first-order valence-electron chi connectivity index (χ1n) is 15.3. The highest BCUT2D eigenvalue weighted by Gasteiger charge is 2.27. The molecule has 1 saturated heterocycles. The fraction of sp³-hybridized carbons (Fsp3) is 0.194. The van der Waals surface area contributed by atoms with E-state index in [9.17, 15) is 22.8 Å². The summed E-state index contributed by atoms with van der Waals surface area (Å²) in [5.74, 6) is -1.52. The number of rotatable bonds is 9. The van der Waals surface area contributed by atoms with Gasteiger partial charge in [-0.3, -0.25) is 4.79 Å². The molecule has 0 spiro atoms. The van der Waals surface area contributed by atoms with Crippen molar-refractivity contribution in [2.24, 2.45) is 0 Å². The normalized spacial score (nSPS) is 13.4. The van der Waals surface area contributed by atoms with Crippen molar-refractivity contribution in [2.75, 3.05) is 25.0 Å². The quantitative estimate of drug-likeness (QED) is 0.145. The molecule has 4 aromatic carbocycles. The number of ether oxygens (including phenoxy) is 2. The van der Waals surface area contributed by atoms with E-state index in [0.29, 0.717) is 29.7 Å². The molecule has 240 valence electrons. The van der Waals surface area contributed by atoms with Crippen molar-refractivity contribution in [2.45, 2.75) is 31.6 Å². The second-order valence-electron chi connectivity index (χ2n) is 11.1. The van der Waals surface area contributed by atoms with Crippen LogP contribution >= 0.6 is 0 Å². The van der Waals surface area contributed by atoms with Gasteiger partial charge in [0.05, 0.1) is 33.8 Å². The Morgan fingerprint density at radius 1 is 0.830 bits per heavy atom. The van der Waals surface area contributed by atoms with Crippen LogP contribution in [0.15, 0.2) is 102 Å². The molecule has 6 rings (SSSR count). The van der Waals surface area contributed by atoms with Crippen LogP contribution < -0.4 is 10.1 Å². The summed E-state index contributed by atoms with van der Waals surface area (Å²) in [6.07, 6.45) is 1.65. The minimum Gasteiger partial charge on any atom is -0.462 e. The summed E-state index contributed by atoms with van der Waals surface area (Å²) in [7, 11) is -3.61. The van der Waals surface area contributed by atoms with E-state index >= 15 is 0 Å². The van der Waals surface area contributed by atoms with Crippen molar-refractivity contribution in [1.82, 2.24) is 8.87 Å². The van der Waals surface area contributed by atoms with E-state index in [4.69, 9.17) is 9.47 Å². The summed E-state index contributed by atoms with van der Waals surface area (Å²) >= 11 is 0. The van der Waals surface area contributed by atoms with Crippen molar-refractivity contribution in [3.8, 4) is 11.4 Å². The largest absolute Gasteiger partial charge is 0.462 e. The predicted octanol–water partition coefficient (Wildman–Crippen LogP) is 6.37. The minimum atomic E-state index is -3.61. The fourth-order valence-corrected chi connectivity index (χ4v) is 7.33. The number of carbonyl (C=O) groups is 3. The third kappa shape index (κ3) is 6.27. The van der Waals surface area contributed by atoms with Gasteiger partial charge in [0.2, 0.25) is 10.0 Å². The zero-order chi connectivity index (χ0) is 33.1. The number of esters is 2. The van der Waals surface area contributed by atoms with E-state index in [1.807, 2.05) is 41.8 Å². The summed E-state index contributed by atoms with van der Waals surface area (Å²) in [5, 5.41) is 3.30. The summed E-state index contributed by atoms with van der Waals surface area (Å²) in [6.45, 7) is 4.75. The maximum absolute atomic E-state index is 13.4. The molecule has 0 atom stereocenters. The van der Waals surface area contributed by atoms with Gasteiger partial charge in [-0.05, 0) is 93.4 Å². The van der Waals surface area contributed by atoms with Gasteiger partial charge in [-0.2, -0.15) is 4.31 Å². The van der Waals surface area contributed by atoms with Gasteiger partial charge in [-0.15, -0.1) is 0 Å². The Morgan fingerprint density at radius 3 is 2.21 bits per heavy atom. The number of nitrogens with one attached hydrogen (secondary N) is 1. The number of amides is 1. The van der Waals surface area contributed by atoms with Crippen molar-refractivity contribution < 1.29 is 32.3 Å². The number of nitrogens with zero attached hydrogens (tertiary/aromatic N) is 2. The third-order valence-corrected chi connectivity index (χ3v) is 10.0. The Kier molecular flexibility index (Phi) is 8.93. The molecule has 11 heteroatoms. The molecular formula is C36H33N3O7S. The first-order valence-corrected chi connectivity index (χ1v) is 16.7. The van der Waals surface area contributed by atoms with E-state index in [2.05, 4.69) is 5.32 Å². The topological polar surface area (TPSA) is 124 Å². The van der Waals surface area contributed by atoms with Crippen LogP contribution in [0.4, 0.5) is 5.69 Å². The van der Waals surface area contributed by atoms with Gasteiger partial charge < -0.3 is 19.4 Å². The van der Waals surface area contributed by atoms with Gasteiger partial charge in [0, 0.05) is 35.4 Å². The Labute approximate surface area is 272 Å². The predicted molar refractivity (Wildman–Crippen MR) is 178 cm³/mol. The van der Waals surface area contributed by atoms with Crippen molar-refractivity contribution in [3.63, 3.8) is 0 Å². The van der Waals surface area contributed by atoms with Crippen molar-refractivity contribution in [1.29, 1.82) is 0 Å². The molecule has 1 fully saturated rings. The zero-order valence-corrected chi connectivity index (χ0v) is 26.8. The lowest BCUT2D eigenvalue weighted by atomic mass is 10.1. The molecule has 0 unspecified atom stereocenters. The molecule has 1 N–H and O–H groups in total. The molecule has 0 aliphatic carbocycles. The van der Waals surface area contributed by atoms with E-state index in [0.717, 1.165) is 24.0 Å². The molecule has 0 saturated carbocycles. The summed E-state index contributed by atoms with van der Waals surface area (Å²) in [5.41, 5.74) is 3.21. The lowest BCUT2D eigenvalue weighted by molar-refractivity contribution is 0.0527. The molecule has 1 aromatic heterocycles. The van der Waals surface area contributed by atoms with Gasteiger partial charge in [0.15, 0.2) is 0 Å². The van der Waals surface area contributed by atoms with Crippen LogP contribution in [0.3, 0.4) is 0 Å². The highest BCUT2D eigenvalue weighted by Crippen LogP contribution is 2.33. The molecule has 1 amide bonds. The lowest BCUT2D eigenvalue weighted by Gasteiger charge is -2.15. The summed E-state index contributed by atoms with van der Waals surface area (Å²) in [4.78, 5) is 39.8. The van der Waals surface area contributed by atoms with Gasteiger partial charge in [0.25, 0.3) is 5.91 Å². The van der Waals surface area contributed by atoms with Crippen molar-refractivity contribution >= 4 is 44.5 Å². The number of anilines is 1. The van der Waals surface area contributed by atoms with Gasteiger partial charge in [-0.1, -0.05) is 30.3 Å². The monoisotopic (exact) mass is 651 g/mol. The van der Waals surface area contributed by atoms with Gasteiger partial charge >= 0.3 is 11.9 Å². The SMILES string of the molecule is CCOC(=O)c1c(C)n(-c2ccccc2)c2ccc(OC(=O)c3ccccc3NC(=O)c3ccc(S(=O)(=O)N4CCCC4)cc3)cc12. The molecular weight excluding hydrogens is 618 g/mol. The number of fused-ring (bicyclic) bond motifs is 1. The minimum absolute atomic E-state index is 0.109. The summed E-state index contributed by atoms with van der Waals surface area (Å²) < 4.78 is 40.2. The van der Waals surface area contributed by atoms with Crippen LogP contribution in [0.25, 0.3) is 16.6 Å². The number of aromatic nitrogens is 1. The molecule has 2 heterocycles. The van der Waals surface area contributed by atoms with E-state index < -0.39 is 27.9 Å². The standard InChI is InChI=1S/C36H33N3O7S/c1-3-45-36(42)33-24(2)39(26-11-5-4-6-12-26)32-20-17-27(23-30(32)33)46-35(41)29-13-7-8-14-31(29)37-34(40)25-15-18-28(19-16-25)47(43,44)38-21-9-10-22-38/h4-8,11-20,23H,3,9-10,21-22H2,1-2H3,(H,37,40). The first kappa shape index (κ1) is 31.7. The Bertz CT molecular complexity index is 2080. The molecule has 5 aromatic rings. The highest BCUT2D eigenvalue weighted by molar-refractivity contribution is 7.89. The number of hydrogen-bond acceptors (Lipinski definition) is 7. The van der Waals surface area contributed by atoms with Gasteiger partial charge in [0.1, 0.15) is 5.75 Å². The lowest BCUT2D eigenvalue weighted by Crippen LogP contribution is -2.27. The molecule has 10 nitrogen and oxygen atoms in total. The second-order valence-corrected chi connectivity index (χ2v) is 13.0. The number of benzene rings is 4. The molecule has 47 heavy (non-hydrogen) atoms. The number of carbonyl (C=O) groups excluding carboxylic acids is 3. The van der Waals surface area contributed by atoms with E-state index in [1.165, 1.54) is 34.6 Å². The van der Waals surface area contributed by atoms with Crippen molar-refractivity contribution in [3.05, 3.63) is 119 Å². The summed E-state index contributed by atoms with van der Waals surface area (Å²) in [6, 6.07) is 26.8. The molecule has 1 aliphatic rings. The van der Waals surface area contributed by atoms with E-state index in [1.54, 1.807) is 43.3 Å². The fourth-order valence-electron chi connectivity index (χ4n) is 5.81. The van der Waals surface area contributed by atoms with Crippen LogP contribution in [-0.4, -0.2) is 54.8 Å². The molecule has 0 bridgehead atoms. The highest BCUT2D eigenvalue weighted by atomic mass is 32.2. The van der Waals surface area contributed by atoms with Crippen LogP contribution in [0, 0.1) is 6.92 Å². The average molecular weight is 652 g/mol. The first-order chi connectivity index (χ1) is 22.7. The molecule has 0 radical (unpaired) electrons. The third-order valence-electron chi connectivity index (χ3n) is 8.09. The Morgan fingerprint density at radius 2 is 1.51 bits per heavy atom. The van der Waals surface area contributed by atoms with Crippen LogP contribution in [0.2, 0.25) is 0 Å². The zero-order valence-electron chi connectivity index (χ0n) is 25.9. The number of sulfonamides is 1. The maximum Gasteiger partial charge on any atom is 0.345 e.